The van der Waals surface area contributed by atoms with Gasteiger partial charge in [0, 0.05) is 9.35 Å². The zero-order chi connectivity index (χ0) is 11.5. The van der Waals surface area contributed by atoms with E-state index in [1.54, 1.807) is 11.3 Å². The first-order valence-corrected chi connectivity index (χ1v) is 6.64. The summed E-state index contributed by atoms with van der Waals surface area (Å²) in [6.45, 7) is 2.08. The van der Waals surface area contributed by atoms with Gasteiger partial charge in [0.1, 0.15) is 0 Å². The molecule has 2 nitrogen and oxygen atoms in total. The van der Waals surface area contributed by atoms with Gasteiger partial charge in [-0.05, 0) is 41.6 Å². The molecule has 2 aromatic rings. The lowest BCUT2D eigenvalue weighted by molar-refractivity contribution is 0.646. The van der Waals surface area contributed by atoms with E-state index in [0.717, 1.165) is 4.47 Å². The molecule has 4 heteroatoms. The van der Waals surface area contributed by atoms with Crippen LogP contribution in [0.2, 0.25) is 0 Å². The third-order valence-electron chi connectivity index (χ3n) is 2.39. The lowest BCUT2D eigenvalue weighted by atomic mass is 10.0. The van der Waals surface area contributed by atoms with Crippen LogP contribution in [0.4, 0.5) is 0 Å². The van der Waals surface area contributed by atoms with Crippen molar-refractivity contribution in [2.45, 2.75) is 13.0 Å². The molecular formula is C12H13BrN2S. The second-order valence-corrected chi connectivity index (χ2v) is 5.57. The molecule has 0 aliphatic rings. The van der Waals surface area contributed by atoms with Crippen LogP contribution in [-0.4, -0.2) is 0 Å². The quantitative estimate of drug-likeness (QED) is 0.673. The Bertz CT molecular complexity index is 448. The van der Waals surface area contributed by atoms with E-state index in [4.69, 9.17) is 5.84 Å². The van der Waals surface area contributed by atoms with E-state index in [1.165, 1.54) is 16.0 Å². The van der Waals surface area contributed by atoms with Gasteiger partial charge in [-0.3, -0.25) is 5.84 Å². The Morgan fingerprint density at radius 1 is 1.38 bits per heavy atom. The SMILES string of the molecule is Cc1cc(Br)cc(C(NN)c2cccs2)c1. The van der Waals surface area contributed by atoms with Crippen LogP contribution < -0.4 is 11.3 Å². The van der Waals surface area contributed by atoms with Crippen LogP contribution in [0.15, 0.2) is 40.2 Å². The fraction of sp³-hybridized carbons (Fsp3) is 0.167. The molecule has 84 valence electrons. The van der Waals surface area contributed by atoms with Crippen molar-refractivity contribution in [1.29, 1.82) is 0 Å². The van der Waals surface area contributed by atoms with E-state index in [-0.39, 0.29) is 6.04 Å². The van der Waals surface area contributed by atoms with Gasteiger partial charge in [-0.25, -0.2) is 5.43 Å². The number of benzene rings is 1. The lowest BCUT2D eigenvalue weighted by Crippen LogP contribution is -2.28. The number of thiophene rings is 1. The Labute approximate surface area is 108 Å². The molecular weight excluding hydrogens is 284 g/mol. The molecule has 0 saturated heterocycles. The molecule has 16 heavy (non-hydrogen) atoms. The summed E-state index contributed by atoms with van der Waals surface area (Å²) >= 11 is 5.21. The Hall–Kier alpha value is -0.680. The van der Waals surface area contributed by atoms with E-state index in [1.807, 2.05) is 6.07 Å². The summed E-state index contributed by atoms with van der Waals surface area (Å²) in [6.07, 6.45) is 0. The van der Waals surface area contributed by atoms with Crippen LogP contribution in [0.5, 0.6) is 0 Å². The summed E-state index contributed by atoms with van der Waals surface area (Å²) in [5.74, 6) is 5.64. The monoisotopic (exact) mass is 296 g/mol. The van der Waals surface area contributed by atoms with E-state index in [9.17, 15) is 0 Å². The van der Waals surface area contributed by atoms with E-state index in [0.29, 0.717) is 0 Å². The van der Waals surface area contributed by atoms with Crippen molar-refractivity contribution in [2.24, 2.45) is 5.84 Å². The van der Waals surface area contributed by atoms with Gasteiger partial charge >= 0.3 is 0 Å². The standard InChI is InChI=1S/C12H13BrN2S/c1-8-5-9(7-10(13)6-8)12(15-14)11-3-2-4-16-11/h2-7,12,15H,14H2,1H3. The zero-order valence-electron chi connectivity index (χ0n) is 8.91. The molecule has 0 aliphatic carbocycles. The third kappa shape index (κ3) is 2.52. The van der Waals surface area contributed by atoms with Crippen molar-refractivity contribution < 1.29 is 0 Å². The summed E-state index contributed by atoms with van der Waals surface area (Å²) in [4.78, 5) is 1.22. The Morgan fingerprint density at radius 3 is 2.75 bits per heavy atom. The van der Waals surface area contributed by atoms with Crippen LogP contribution in [0.1, 0.15) is 22.0 Å². The Balaban J connectivity index is 2.41. The Kier molecular flexibility index (Phi) is 3.76. The molecule has 3 N–H and O–H groups in total. The average molecular weight is 297 g/mol. The highest BCUT2D eigenvalue weighted by atomic mass is 79.9. The minimum atomic E-state index is 0.0659. The van der Waals surface area contributed by atoms with Gasteiger partial charge < -0.3 is 0 Å². The molecule has 1 aromatic heterocycles. The normalized spacial score (nSPS) is 12.7. The number of hydrazine groups is 1. The second kappa shape index (κ2) is 5.10. The number of nitrogens with two attached hydrogens (primary N) is 1. The van der Waals surface area contributed by atoms with Gasteiger partial charge in [0.2, 0.25) is 0 Å². The molecule has 0 fully saturated rings. The molecule has 0 amide bonds. The third-order valence-corrected chi connectivity index (χ3v) is 3.79. The number of nitrogens with one attached hydrogen (secondary N) is 1. The molecule has 0 radical (unpaired) electrons. The van der Waals surface area contributed by atoms with Crippen LogP contribution in [0, 0.1) is 6.92 Å². The average Bonchev–Trinajstić information content (AvgIpc) is 2.70. The molecule has 1 atom stereocenters. The largest absolute Gasteiger partial charge is 0.271 e. The van der Waals surface area contributed by atoms with Crippen molar-refractivity contribution >= 4 is 27.3 Å². The van der Waals surface area contributed by atoms with Gasteiger partial charge in [0.05, 0.1) is 6.04 Å². The van der Waals surface area contributed by atoms with Crippen molar-refractivity contribution in [3.8, 4) is 0 Å². The van der Waals surface area contributed by atoms with Gasteiger partial charge in [-0.15, -0.1) is 11.3 Å². The topological polar surface area (TPSA) is 38.0 Å². The number of hydrogen-bond acceptors (Lipinski definition) is 3. The fourth-order valence-electron chi connectivity index (χ4n) is 1.73. The summed E-state index contributed by atoms with van der Waals surface area (Å²) in [5.41, 5.74) is 5.27. The number of rotatable bonds is 3. The first kappa shape index (κ1) is 11.8. The maximum atomic E-state index is 5.64. The molecule has 0 saturated carbocycles. The van der Waals surface area contributed by atoms with Crippen LogP contribution in [0.3, 0.4) is 0 Å². The summed E-state index contributed by atoms with van der Waals surface area (Å²) in [6, 6.07) is 10.5. The number of hydrogen-bond donors (Lipinski definition) is 2. The Morgan fingerprint density at radius 2 is 2.19 bits per heavy atom. The minimum absolute atomic E-state index is 0.0659. The predicted molar refractivity (Wildman–Crippen MR) is 72.4 cm³/mol. The van der Waals surface area contributed by atoms with Crippen LogP contribution in [0.25, 0.3) is 0 Å². The van der Waals surface area contributed by atoms with Gasteiger partial charge in [0.15, 0.2) is 0 Å². The molecule has 1 heterocycles. The summed E-state index contributed by atoms with van der Waals surface area (Å²) in [5, 5.41) is 2.06. The van der Waals surface area contributed by atoms with Crippen molar-refractivity contribution in [3.63, 3.8) is 0 Å². The fourth-order valence-corrected chi connectivity index (χ4v) is 3.17. The molecule has 1 aromatic carbocycles. The first-order valence-electron chi connectivity index (χ1n) is 4.97. The van der Waals surface area contributed by atoms with Gasteiger partial charge in [-0.1, -0.05) is 28.1 Å². The molecule has 1 unspecified atom stereocenters. The van der Waals surface area contributed by atoms with Crippen molar-refractivity contribution in [1.82, 2.24) is 5.43 Å². The van der Waals surface area contributed by atoms with Gasteiger partial charge in [0.25, 0.3) is 0 Å². The minimum Gasteiger partial charge on any atom is -0.271 e. The van der Waals surface area contributed by atoms with Crippen LogP contribution >= 0.6 is 27.3 Å². The molecule has 0 spiro atoms. The first-order chi connectivity index (χ1) is 7.70. The lowest BCUT2D eigenvalue weighted by Gasteiger charge is -2.15. The maximum absolute atomic E-state index is 5.64. The number of aryl methyl sites for hydroxylation is 1. The van der Waals surface area contributed by atoms with E-state index in [2.05, 4.69) is 57.9 Å². The van der Waals surface area contributed by atoms with Crippen molar-refractivity contribution in [3.05, 3.63) is 56.2 Å². The highest BCUT2D eigenvalue weighted by Gasteiger charge is 2.13. The molecule has 2 rings (SSSR count). The predicted octanol–water partition coefficient (Wildman–Crippen LogP) is 3.37. The summed E-state index contributed by atoms with van der Waals surface area (Å²) in [7, 11) is 0. The molecule has 0 bridgehead atoms. The van der Waals surface area contributed by atoms with Crippen molar-refractivity contribution in [2.75, 3.05) is 0 Å². The maximum Gasteiger partial charge on any atom is 0.0803 e. The van der Waals surface area contributed by atoms with E-state index < -0.39 is 0 Å². The molecule has 0 aliphatic heterocycles. The second-order valence-electron chi connectivity index (χ2n) is 3.68. The highest BCUT2D eigenvalue weighted by Crippen LogP contribution is 2.28. The number of halogens is 1. The zero-order valence-corrected chi connectivity index (χ0v) is 11.3. The smallest absolute Gasteiger partial charge is 0.0803 e. The van der Waals surface area contributed by atoms with E-state index >= 15 is 0 Å². The van der Waals surface area contributed by atoms with Gasteiger partial charge in [-0.2, -0.15) is 0 Å². The summed E-state index contributed by atoms with van der Waals surface area (Å²) < 4.78 is 1.08. The highest BCUT2D eigenvalue weighted by molar-refractivity contribution is 9.10. The van der Waals surface area contributed by atoms with Crippen LogP contribution in [-0.2, 0) is 0 Å².